The van der Waals surface area contributed by atoms with Crippen molar-refractivity contribution >= 4 is 17.6 Å². The molecule has 0 heterocycles. The first-order chi connectivity index (χ1) is 14.5. The molecule has 0 bridgehead atoms. The molecule has 5 heteroatoms. The lowest BCUT2D eigenvalue weighted by molar-refractivity contribution is -0.136. The van der Waals surface area contributed by atoms with Gasteiger partial charge in [0.05, 0.1) is 0 Å². The van der Waals surface area contributed by atoms with E-state index in [-0.39, 0.29) is 23.3 Å². The zero-order valence-corrected chi connectivity index (χ0v) is 19.8. The molecule has 31 heavy (non-hydrogen) atoms. The van der Waals surface area contributed by atoms with Crippen LogP contribution in [0.1, 0.15) is 72.4 Å². The van der Waals surface area contributed by atoms with Crippen LogP contribution in [0.15, 0.2) is 42.5 Å². The lowest BCUT2D eigenvalue weighted by Gasteiger charge is -2.30. The van der Waals surface area contributed by atoms with E-state index < -0.39 is 5.97 Å². The van der Waals surface area contributed by atoms with E-state index in [9.17, 15) is 9.59 Å². The van der Waals surface area contributed by atoms with Crippen molar-refractivity contribution in [2.24, 2.45) is 0 Å². The van der Waals surface area contributed by atoms with Gasteiger partial charge in [-0.2, -0.15) is 0 Å². The molecule has 0 aromatic heterocycles. The van der Waals surface area contributed by atoms with Gasteiger partial charge < -0.3 is 14.8 Å². The van der Waals surface area contributed by atoms with Crippen LogP contribution in [0.2, 0.25) is 0 Å². The topological polar surface area (TPSA) is 64.6 Å². The second kappa shape index (κ2) is 9.99. The van der Waals surface area contributed by atoms with Gasteiger partial charge in [0.25, 0.3) is 0 Å². The summed E-state index contributed by atoms with van der Waals surface area (Å²) in [7, 11) is 0. The fourth-order valence-corrected chi connectivity index (χ4v) is 3.14. The predicted molar refractivity (Wildman–Crippen MR) is 125 cm³/mol. The molecule has 5 nitrogen and oxygen atoms in total. The summed E-state index contributed by atoms with van der Waals surface area (Å²) in [6, 6.07) is 13.0. The van der Waals surface area contributed by atoms with Crippen LogP contribution < -0.4 is 14.8 Å². The number of hydrogen-bond donors (Lipinski definition) is 1. The van der Waals surface area contributed by atoms with E-state index in [4.69, 9.17) is 9.47 Å². The minimum absolute atomic E-state index is 0.0644. The number of hydrogen-bond acceptors (Lipinski definition) is 4. The van der Waals surface area contributed by atoms with Gasteiger partial charge >= 0.3 is 5.97 Å². The van der Waals surface area contributed by atoms with Gasteiger partial charge in [-0.15, -0.1) is 0 Å². The number of anilines is 1. The Morgan fingerprint density at radius 1 is 0.935 bits per heavy atom. The molecule has 2 aromatic carbocycles. The van der Waals surface area contributed by atoms with Gasteiger partial charge in [0.1, 0.15) is 11.5 Å². The summed E-state index contributed by atoms with van der Waals surface area (Å²) >= 11 is 0. The minimum Gasteiger partial charge on any atom is -0.482 e. The fourth-order valence-electron chi connectivity index (χ4n) is 3.14. The molecule has 1 amide bonds. The van der Waals surface area contributed by atoms with Crippen LogP contribution in [-0.4, -0.2) is 18.5 Å². The average molecular weight is 426 g/mol. The summed E-state index contributed by atoms with van der Waals surface area (Å²) in [6.07, 6.45) is 1.98. The van der Waals surface area contributed by atoms with Crippen LogP contribution in [0.4, 0.5) is 5.69 Å². The SMILES string of the molecule is CCC(C)(C)c1ccc(OCC(=O)Oc2cccc(NC(C)=O)c2)c(C(C)(C)CC)c1. The van der Waals surface area contributed by atoms with Gasteiger partial charge in [0, 0.05) is 24.2 Å². The first-order valence-corrected chi connectivity index (χ1v) is 10.8. The second-order valence-electron chi connectivity index (χ2n) is 9.16. The third-order valence-corrected chi connectivity index (χ3v) is 5.99. The van der Waals surface area contributed by atoms with E-state index in [2.05, 4.69) is 59.0 Å². The quantitative estimate of drug-likeness (QED) is 0.395. The molecular formula is C26H35NO4. The van der Waals surface area contributed by atoms with E-state index in [0.29, 0.717) is 17.2 Å². The Kier molecular flexibility index (Phi) is 7.88. The largest absolute Gasteiger partial charge is 0.482 e. The Morgan fingerprint density at radius 2 is 1.61 bits per heavy atom. The summed E-state index contributed by atoms with van der Waals surface area (Å²) in [5.41, 5.74) is 2.89. The lowest BCUT2D eigenvalue weighted by atomic mass is 9.76. The van der Waals surface area contributed by atoms with E-state index in [1.54, 1.807) is 24.3 Å². The number of amides is 1. The maximum atomic E-state index is 12.4. The van der Waals surface area contributed by atoms with Crippen LogP contribution in [-0.2, 0) is 20.4 Å². The fraction of sp³-hybridized carbons (Fsp3) is 0.462. The number of carbonyl (C=O) groups is 2. The number of rotatable bonds is 9. The summed E-state index contributed by atoms with van der Waals surface area (Å²) in [5, 5.41) is 2.67. The zero-order valence-electron chi connectivity index (χ0n) is 19.8. The lowest BCUT2D eigenvalue weighted by Crippen LogP contribution is -2.23. The van der Waals surface area contributed by atoms with Crippen LogP contribution in [0.25, 0.3) is 0 Å². The van der Waals surface area contributed by atoms with Gasteiger partial charge in [-0.3, -0.25) is 4.79 Å². The van der Waals surface area contributed by atoms with Gasteiger partial charge in [-0.05, 0) is 47.4 Å². The summed E-state index contributed by atoms with van der Waals surface area (Å²) in [6.45, 7) is 14.4. The molecule has 0 aliphatic heterocycles. The molecule has 0 aliphatic carbocycles. The first-order valence-electron chi connectivity index (χ1n) is 10.8. The molecule has 0 unspecified atom stereocenters. The van der Waals surface area contributed by atoms with E-state index in [1.165, 1.54) is 12.5 Å². The van der Waals surface area contributed by atoms with Gasteiger partial charge in [0.15, 0.2) is 6.61 Å². The van der Waals surface area contributed by atoms with Crippen LogP contribution in [0.5, 0.6) is 11.5 Å². The predicted octanol–water partition coefficient (Wildman–Crippen LogP) is 6.00. The molecule has 0 atom stereocenters. The molecule has 0 radical (unpaired) electrons. The van der Waals surface area contributed by atoms with Crippen molar-refractivity contribution in [1.29, 1.82) is 0 Å². The Labute approximate surface area is 186 Å². The number of benzene rings is 2. The highest BCUT2D eigenvalue weighted by molar-refractivity contribution is 5.89. The van der Waals surface area contributed by atoms with Crippen molar-refractivity contribution in [3.05, 3.63) is 53.6 Å². The van der Waals surface area contributed by atoms with Crippen molar-refractivity contribution in [2.75, 3.05) is 11.9 Å². The molecule has 1 N–H and O–H groups in total. The van der Waals surface area contributed by atoms with E-state index in [1.807, 2.05) is 6.07 Å². The summed E-state index contributed by atoms with van der Waals surface area (Å²) in [5.74, 6) is 0.367. The van der Waals surface area contributed by atoms with Crippen LogP contribution >= 0.6 is 0 Å². The Morgan fingerprint density at radius 3 is 2.23 bits per heavy atom. The second-order valence-corrected chi connectivity index (χ2v) is 9.16. The first kappa shape index (κ1) is 24.4. The molecule has 0 aliphatic rings. The highest BCUT2D eigenvalue weighted by atomic mass is 16.6. The Balaban J connectivity index is 2.17. The highest BCUT2D eigenvalue weighted by Gasteiger charge is 2.27. The standard InChI is InChI=1S/C26H35NO4/c1-8-25(4,5)19-13-14-23(22(15-19)26(6,7)9-2)30-17-24(29)31-21-12-10-11-20(16-21)27-18(3)28/h10-16H,8-9,17H2,1-7H3,(H,27,28). The molecule has 0 saturated heterocycles. The van der Waals surface area contributed by atoms with Crippen molar-refractivity contribution in [3.8, 4) is 11.5 Å². The Bertz CT molecular complexity index is 931. The molecule has 0 saturated carbocycles. The summed E-state index contributed by atoms with van der Waals surface area (Å²) in [4.78, 5) is 23.6. The van der Waals surface area contributed by atoms with Crippen molar-refractivity contribution in [3.63, 3.8) is 0 Å². The molecule has 2 rings (SSSR count). The summed E-state index contributed by atoms with van der Waals surface area (Å²) < 4.78 is 11.3. The number of carbonyl (C=O) groups excluding carboxylic acids is 2. The highest BCUT2D eigenvalue weighted by Crippen LogP contribution is 2.38. The monoisotopic (exact) mass is 425 g/mol. The average Bonchev–Trinajstić information content (AvgIpc) is 2.71. The van der Waals surface area contributed by atoms with Gasteiger partial charge in [-0.25, -0.2) is 4.79 Å². The maximum absolute atomic E-state index is 12.4. The molecule has 2 aromatic rings. The molecule has 168 valence electrons. The zero-order chi connectivity index (χ0) is 23.2. The third-order valence-electron chi connectivity index (χ3n) is 5.99. The van der Waals surface area contributed by atoms with Crippen molar-refractivity contribution in [2.45, 2.75) is 72.1 Å². The normalized spacial score (nSPS) is 11.7. The third kappa shape index (κ3) is 6.58. The van der Waals surface area contributed by atoms with E-state index in [0.717, 1.165) is 18.4 Å². The maximum Gasteiger partial charge on any atom is 0.349 e. The minimum atomic E-state index is -0.502. The Hall–Kier alpha value is -2.82. The number of nitrogens with one attached hydrogen (secondary N) is 1. The number of esters is 1. The molecule has 0 fully saturated rings. The molecular weight excluding hydrogens is 390 g/mol. The van der Waals surface area contributed by atoms with Crippen LogP contribution in [0, 0.1) is 0 Å². The molecule has 0 spiro atoms. The van der Waals surface area contributed by atoms with Crippen molar-refractivity contribution < 1.29 is 19.1 Å². The van der Waals surface area contributed by atoms with E-state index >= 15 is 0 Å². The van der Waals surface area contributed by atoms with Gasteiger partial charge in [-0.1, -0.05) is 59.7 Å². The van der Waals surface area contributed by atoms with Gasteiger partial charge in [0.2, 0.25) is 5.91 Å². The smallest absolute Gasteiger partial charge is 0.349 e. The van der Waals surface area contributed by atoms with Crippen LogP contribution in [0.3, 0.4) is 0 Å². The number of ether oxygens (including phenoxy) is 2. The van der Waals surface area contributed by atoms with Crippen molar-refractivity contribution in [1.82, 2.24) is 0 Å².